The fourth-order valence-electron chi connectivity index (χ4n) is 3.39. The Balaban J connectivity index is 1.63. The van der Waals surface area contributed by atoms with E-state index in [1.807, 2.05) is 0 Å². The summed E-state index contributed by atoms with van der Waals surface area (Å²) in [6, 6.07) is 15.0. The zero-order valence-corrected chi connectivity index (χ0v) is 19.0. The van der Waals surface area contributed by atoms with Crippen molar-refractivity contribution in [2.45, 2.75) is 23.9 Å². The summed E-state index contributed by atoms with van der Waals surface area (Å²) in [5.41, 5.74) is -3.83. The Bertz CT molecular complexity index is 1410. The van der Waals surface area contributed by atoms with Crippen LogP contribution in [-0.2, 0) is 6.54 Å². The summed E-state index contributed by atoms with van der Waals surface area (Å²) in [4.78, 5) is 29.5. The molecule has 180 valence electrons. The van der Waals surface area contributed by atoms with Crippen LogP contribution in [0.5, 0.6) is 11.6 Å². The molecular weight excluding hydrogens is 483 g/mol. The molecule has 0 spiro atoms. The lowest BCUT2D eigenvalue weighted by Gasteiger charge is -2.10. The third kappa shape index (κ3) is 5.40. The quantitative estimate of drug-likeness (QED) is 0.298. The Labute approximate surface area is 201 Å². The van der Waals surface area contributed by atoms with Crippen LogP contribution in [0, 0.1) is 6.92 Å². The molecule has 0 bridgehead atoms. The van der Waals surface area contributed by atoms with Gasteiger partial charge in [0, 0.05) is 16.7 Å². The standard InChI is InChI=1S/C24H18F3N3O4S/c1-15-21(31)30(18-7-9-19(10-8-18)35-24(25,26)27)23(33)29(15)14-17-11-12-28-13-20(17)34-22(32)16-5-3-2-4-6-16/h2-13,31H,14H2,1H3. The molecule has 0 fully saturated rings. The number of hydrogen-bond donors (Lipinski definition) is 1. The number of ether oxygens (including phenoxy) is 1. The molecule has 7 nitrogen and oxygen atoms in total. The number of esters is 1. The van der Waals surface area contributed by atoms with Gasteiger partial charge in [0.1, 0.15) is 0 Å². The minimum Gasteiger partial charge on any atom is -0.493 e. The van der Waals surface area contributed by atoms with E-state index in [1.165, 1.54) is 48.1 Å². The van der Waals surface area contributed by atoms with Crippen molar-refractivity contribution >= 4 is 17.7 Å². The fourth-order valence-corrected chi connectivity index (χ4v) is 3.93. The number of alkyl halides is 3. The van der Waals surface area contributed by atoms with Crippen LogP contribution in [0.3, 0.4) is 0 Å². The van der Waals surface area contributed by atoms with Gasteiger partial charge in [-0.05, 0) is 61.2 Å². The summed E-state index contributed by atoms with van der Waals surface area (Å²) in [5.74, 6) is -0.808. The average molecular weight is 501 g/mol. The van der Waals surface area contributed by atoms with Crippen molar-refractivity contribution in [3.8, 4) is 17.3 Å². The SMILES string of the molecule is Cc1c(O)n(-c2ccc(SC(F)(F)F)cc2)c(=O)n1Cc1ccncc1OC(=O)c1ccccc1. The van der Waals surface area contributed by atoms with Crippen LogP contribution in [0.1, 0.15) is 21.6 Å². The highest BCUT2D eigenvalue weighted by Crippen LogP contribution is 2.37. The zero-order chi connectivity index (χ0) is 25.2. The number of thioether (sulfide) groups is 1. The third-order valence-corrected chi connectivity index (χ3v) is 5.84. The van der Waals surface area contributed by atoms with Gasteiger partial charge in [0.15, 0.2) is 5.75 Å². The van der Waals surface area contributed by atoms with Gasteiger partial charge >= 0.3 is 17.2 Å². The zero-order valence-electron chi connectivity index (χ0n) is 18.2. The molecule has 0 aliphatic heterocycles. The van der Waals surface area contributed by atoms with Crippen LogP contribution < -0.4 is 10.4 Å². The molecule has 2 aromatic carbocycles. The van der Waals surface area contributed by atoms with Crippen molar-refractivity contribution in [1.29, 1.82) is 0 Å². The van der Waals surface area contributed by atoms with E-state index < -0.39 is 17.2 Å². The van der Waals surface area contributed by atoms with E-state index in [2.05, 4.69) is 4.98 Å². The Morgan fingerprint density at radius 1 is 1.09 bits per heavy atom. The van der Waals surface area contributed by atoms with Crippen molar-refractivity contribution in [3.05, 3.63) is 100 Å². The molecule has 2 heterocycles. The van der Waals surface area contributed by atoms with Crippen LogP contribution in [0.15, 0.2) is 82.7 Å². The Kier molecular flexibility index (Phi) is 6.70. The molecule has 0 amide bonds. The third-order valence-electron chi connectivity index (χ3n) is 5.10. The molecule has 0 saturated carbocycles. The van der Waals surface area contributed by atoms with Crippen LogP contribution in [-0.4, -0.2) is 30.7 Å². The number of aromatic nitrogens is 3. The number of nitrogens with zero attached hydrogens (tertiary/aromatic N) is 3. The number of pyridine rings is 1. The van der Waals surface area contributed by atoms with Gasteiger partial charge in [-0.25, -0.2) is 14.2 Å². The van der Waals surface area contributed by atoms with Crippen molar-refractivity contribution in [3.63, 3.8) is 0 Å². The van der Waals surface area contributed by atoms with Gasteiger partial charge < -0.3 is 9.84 Å². The van der Waals surface area contributed by atoms with Crippen LogP contribution >= 0.6 is 11.8 Å². The van der Waals surface area contributed by atoms with Gasteiger partial charge in [-0.15, -0.1) is 0 Å². The summed E-state index contributed by atoms with van der Waals surface area (Å²) in [6.07, 6.45) is 2.83. The molecule has 0 radical (unpaired) electrons. The fraction of sp³-hybridized carbons (Fsp3) is 0.125. The Hall–Kier alpha value is -3.99. The maximum Gasteiger partial charge on any atom is 0.446 e. The molecule has 4 rings (SSSR count). The molecular formula is C24H18F3N3O4S. The topological polar surface area (TPSA) is 86.3 Å². The summed E-state index contributed by atoms with van der Waals surface area (Å²) in [6.45, 7) is 1.48. The normalized spacial score (nSPS) is 11.4. The van der Waals surface area contributed by atoms with Gasteiger partial charge in [-0.3, -0.25) is 9.55 Å². The maximum atomic E-state index is 13.1. The van der Waals surface area contributed by atoms with Gasteiger partial charge in [-0.2, -0.15) is 13.2 Å². The monoisotopic (exact) mass is 501 g/mol. The molecule has 11 heteroatoms. The first-order valence-electron chi connectivity index (χ1n) is 10.2. The number of rotatable bonds is 6. The van der Waals surface area contributed by atoms with Crippen LogP contribution in [0.4, 0.5) is 13.2 Å². The molecule has 0 aliphatic carbocycles. The minimum atomic E-state index is -4.44. The average Bonchev–Trinajstić information content (AvgIpc) is 3.03. The number of carbonyl (C=O) groups excluding carboxylic acids is 1. The number of imidazole rings is 1. The van der Waals surface area contributed by atoms with Gasteiger partial charge in [-0.1, -0.05) is 18.2 Å². The molecule has 35 heavy (non-hydrogen) atoms. The second-order valence-corrected chi connectivity index (χ2v) is 8.53. The van der Waals surface area contributed by atoms with Crippen molar-refractivity contribution < 1.29 is 27.8 Å². The van der Waals surface area contributed by atoms with E-state index in [9.17, 15) is 27.9 Å². The van der Waals surface area contributed by atoms with Gasteiger partial charge in [0.25, 0.3) is 0 Å². The lowest BCUT2D eigenvalue weighted by molar-refractivity contribution is -0.0328. The summed E-state index contributed by atoms with van der Waals surface area (Å²) in [7, 11) is 0. The largest absolute Gasteiger partial charge is 0.493 e. The van der Waals surface area contributed by atoms with E-state index in [0.717, 1.165) is 4.57 Å². The van der Waals surface area contributed by atoms with Crippen molar-refractivity contribution in [2.75, 3.05) is 0 Å². The Morgan fingerprint density at radius 2 is 1.77 bits per heavy atom. The maximum absolute atomic E-state index is 13.1. The predicted octanol–water partition coefficient (Wildman–Crippen LogP) is 4.93. The smallest absolute Gasteiger partial charge is 0.446 e. The van der Waals surface area contributed by atoms with E-state index >= 15 is 0 Å². The van der Waals surface area contributed by atoms with Crippen LogP contribution in [0.2, 0.25) is 0 Å². The van der Waals surface area contributed by atoms with Gasteiger partial charge in [0.2, 0.25) is 5.88 Å². The highest BCUT2D eigenvalue weighted by molar-refractivity contribution is 8.00. The summed E-state index contributed by atoms with van der Waals surface area (Å²) < 4.78 is 45.5. The highest BCUT2D eigenvalue weighted by atomic mass is 32.2. The van der Waals surface area contributed by atoms with Gasteiger partial charge in [0.05, 0.1) is 29.7 Å². The summed E-state index contributed by atoms with van der Waals surface area (Å²) in [5, 5.41) is 10.6. The number of aromatic hydroxyl groups is 1. The molecule has 4 aromatic rings. The van der Waals surface area contributed by atoms with Crippen LogP contribution in [0.25, 0.3) is 5.69 Å². The first kappa shape index (κ1) is 24.1. The highest BCUT2D eigenvalue weighted by Gasteiger charge is 2.29. The lowest BCUT2D eigenvalue weighted by atomic mass is 10.2. The lowest BCUT2D eigenvalue weighted by Crippen LogP contribution is -2.24. The molecule has 0 unspecified atom stereocenters. The van der Waals surface area contributed by atoms with E-state index in [0.29, 0.717) is 11.1 Å². The number of benzene rings is 2. The van der Waals surface area contributed by atoms with Crippen molar-refractivity contribution in [2.24, 2.45) is 0 Å². The molecule has 0 saturated heterocycles. The first-order valence-corrected chi connectivity index (χ1v) is 11.0. The number of carbonyl (C=O) groups is 1. The summed E-state index contributed by atoms with van der Waals surface area (Å²) >= 11 is -0.275. The first-order chi connectivity index (χ1) is 16.6. The van der Waals surface area contributed by atoms with Crippen molar-refractivity contribution in [1.82, 2.24) is 14.1 Å². The molecule has 0 atom stereocenters. The second kappa shape index (κ2) is 9.71. The molecule has 0 aliphatic rings. The van der Waals surface area contributed by atoms with E-state index in [-0.39, 0.29) is 46.2 Å². The minimum absolute atomic E-state index is 0.0485. The second-order valence-electron chi connectivity index (χ2n) is 7.39. The van der Waals surface area contributed by atoms with E-state index in [4.69, 9.17) is 4.74 Å². The number of halogens is 3. The molecule has 1 N–H and O–H groups in total. The predicted molar refractivity (Wildman–Crippen MR) is 123 cm³/mol. The van der Waals surface area contributed by atoms with E-state index in [1.54, 1.807) is 36.4 Å². The Morgan fingerprint density at radius 3 is 2.43 bits per heavy atom. The molecule has 2 aromatic heterocycles. The number of hydrogen-bond acceptors (Lipinski definition) is 6.